The number of amidine groups is 2. The molecule has 0 bridgehead atoms. The molecule has 6 nitrogen and oxygen atoms in total. The number of hydrogen-bond donors (Lipinski definition) is 1. The SMILES string of the molecule is Cc1ccc(-n2c(C)cc(/C=C3/C(=N)N4N=C(C(C)C)SC4=NC3=O)c2C)cc1. The second-order valence-electron chi connectivity index (χ2n) is 7.61. The number of amides is 1. The number of rotatable bonds is 3. The lowest BCUT2D eigenvalue weighted by Gasteiger charge is -2.20. The Labute approximate surface area is 174 Å². The van der Waals surface area contributed by atoms with Crippen molar-refractivity contribution in [3.63, 3.8) is 0 Å². The molecule has 1 aromatic heterocycles. The van der Waals surface area contributed by atoms with Gasteiger partial charge in [0, 0.05) is 23.0 Å². The zero-order valence-electron chi connectivity index (χ0n) is 17.1. The molecule has 0 spiro atoms. The Balaban J connectivity index is 1.74. The molecule has 2 aliphatic heterocycles. The summed E-state index contributed by atoms with van der Waals surface area (Å²) in [7, 11) is 0. The predicted octanol–water partition coefficient (Wildman–Crippen LogP) is 4.68. The monoisotopic (exact) mass is 405 g/mol. The minimum absolute atomic E-state index is 0.0725. The molecular weight excluding hydrogens is 382 g/mol. The van der Waals surface area contributed by atoms with E-state index in [4.69, 9.17) is 5.41 Å². The normalized spacial score (nSPS) is 17.9. The lowest BCUT2D eigenvalue weighted by Crippen LogP contribution is -2.35. The fourth-order valence-electron chi connectivity index (χ4n) is 3.42. The van der Waals surface area contributed by atoms with Crippen LogP contribution in [0.15, 0.2) is 46.0 Å². The van der Waals surface area contributed by atoms with E-state index in [9.17, 15) is 4.79 Å². The lowest BCUT2D eigenvalue weighted by atomic mass is 10.1. The number of hydrazone groups is 1. The Morgan fingerprint density at radius 2 is 1.83 bits per heavy atom. The largest absolute Gasteiger partial charge is 0.318 e. The van der Waals surface area contributed by atoms with Crippen LogP contribution in [0.1, 0.15) is 36.4 Å². The number of thioether (sulfide) groups is 1. The van der Waals surface area contributed by atoms with Gasteiger partial charge >= 0.3 is 0 Å². The molecule has 0 fully saturated rings. The maximum atomic E-state index is 12.6. The van der Waals surface area contributed by atoms with Crippen molar-refractivity contribution in [1.29, 1.82) is 5.41 Å². The topological polar surface area (TPSA) is 73.8 Å². The number of carbonyl (C=O) groups excluding carboxylic acids is 1. The Kier molecular flexibility index (Phi) is 4.78. The van der Waals surface area contributed by atoms with Gasteiger partial charge < -0.3 is 4.57 Å². The first kappa shape index (κ1) is 19.4. The van der Waals surface area contributed by atoms with Crippen molar-refractivity contribution in [2.75, 3.05) is 0 Å². The highest BCUT2D eigenvalue weighted by Gasteiger charge is 2.36. The first-order valence-electron chi connectivity index (χ1n) is 9.52. The Bertz CT molecular complexity index is 1120. The Hall–Kier alpha value is -2.93. The summed E-state index contributed by atoms with van der Waals surface area (Å²) in [4.78, 5) is 16.8. The van der Waals surface area contributed by atoms with E-state index in [1.165, 1.54) is 22.3 Å². The number of hydrogen-bond acceptors (Lipinski definition) is 4. The molecule has 29 heavy (non-hydrogen) atoms. The smallest absolute Gasteiger partial charge is 0.283 e. The summed E-state index contributed by atoms with van der Waals surface area (Å²) in [6.07, 6.45) is 1.76. The fourth-order valence-corrected chi connectivity index (χ4v) is 4.31. The summed E-state index contributed by atoms with van der Waals surface area (Å²) >= 11 is 1.36. The number of aryl methyl sites for hydroxylation is 2. The van der Waals surface area contributed by atoms with E-state index in [1.54, 1.807) is 6.08 Å². The molecule has 3 heterocycles. The molecule has 0 saturated carbocycles. The van der Waals surface area contributed by atoms with E-state index in [1.807, 2.05) is 33.8 Å². The summed E-state index contributed by atoms with van der Waals surface area (Å²) in [5, 5.41) is 15.8. The molecule has 0 aliphatic carbocycles. The second-order valence-corrected chi connectivity index (χ2v) is 8.60. The van der Waals surface area contributed by atoms with Crippen LogP contribution in [-0.4, -0.2) is 31.5 Å². The average molecular weight is 406 g/mol. The molecule has 148 valence electrons. The van der Waals surface area contributed by atoms with Crippen molar-refractivity contribution in [1.82, 2.24) is 9.58 Å². The highest BCUT2D eigenvalue weighted by atomic mass is 32.2. The summed E-state index contributed by atoms with van der Waals surface area (Å²) < 4.78 is 2.15. The molecule has 4 rings (SSSR count). The van der Waals surface area contributed by atoms with Crippen LogP contribution in [0.5, 0.6) is 0 Å². The molecule has 0 unspecified atom stereocenters. The van der Waals surface area contributed by atoms with Gasteiger partial charge in [0.1, 0.15) is 5.04 Å². The van der Waals surface area contributed by atoms with E-state index >= 15 is 0 Å². The van der Waals surface area contributed by atoms with Gasteiger partial charge in [-0.1, -0.05) is 31.5 Å². The molecule has 2 aromatic rings. The number of aromatic nitrogens is 1. The fraction of sp³-hybridized carbons (Fsp3) is 0.273. The maximum Gasteiger partial charge on any atom is 0.283 e. The average Bonchev–Trinajstić information content (AvgIpc) is 3.21. The van der Waals surface area contributed by atoms with E-state index in [0.29, 0.717) is 5.17 Å². The van der Waals surface area contributed by atoms with Gasteiger partial charge in [0.2, 0.25) is 5.17 Å². The predicted molar refractivity (Wildman–Crippen MR) is 120 cm³/mol. The van der Waals surface area contributed by atoms with Gasteiger partial charge in [-0.3, -0.25) is 10.2 Å². The zero-order valence-corrected chi connectivity index (χ0v) is 18.0. The number of benzene rings is 1. The van der Waals surface area contributed by atoms with Crippen molar-refractivity contribution in [2.45, 2.75) is 34.6 Å². The van der Waals surface area contributed by atoms with Crippen LogP contribution < -0.4 is 0 Å². The van der Waals surface area contributed by atoms with Crippen LogP contribution in [0.4, 0.5) is 0 Å². The first-order valence-corrected chi connectivity index (χ1v) is 10.3. The minimum Gasteiger partial charge on any atom is -0.318 e. The summed E-state index contributed by atoms with van der Waals surface area (Å²) in [6, 6.07) is 10.4. The number of nitrogens with zero attached hydrogens (tertiary/aromatic N) is 4. The van der Waals surface area contributed by atoms with Crippen LogP contribution in [0.2, 0.25) is 0 Å². The van der Waals surface area contributed by atoms with Crippen LogP contribution in [0.3, 0.4) is 0 Å². The van der Waals surface area contributed by atoms with Gasteiger partial charge in [0.15, 0.2) is 5.84 Å². The van der Waals surface area contributed by atoms with Gasteiger partial charge in [0.05, 0.1) is 5.57 Å². The zero-order chi connectivity index (χ0) is 20.9. The molecular formula is C22H23N5OS. The Morgan fingerprint density at radius 1 is 1.14 bits per heavy atom. The molecule has 1 amide bonds. The van der Waals surface area contributed by atoms with Crippen molar-refractivity contribution < 1.29 is 4.79 Å². The third-order valence-corrected chi connectivity index (χ3v) is 6.24. The lowest BCUT2D eigenvalue weighted by molar-refractivity contribution is -0.114. The van der Waals surface area contributed by atoms with Gasteiger partial charge in [0.25, 0.3) is 5.91 Å². The van der Waals surface area contributed by atoms with E-state index in [-0.39, 0.29) is 17.3 Å². The van der Waals surface area contributed by atoms with Gasteiger partial charge in [-0.05, 0) is 62.4 Å². The minimum atomic E-state index is -0.394. The molecule has 1 aromatic carbocycles. The number of fused-ring (bicyclic) bond motifs is 1. The van der Waals surface area contributed by atoms with Crippen molar-refractivity contribution in [2.24, 2.45) is 16.0 Å². The van der Waals surface area contributed by atoms with Crippen molar-refractivity contribution >= 4 is 39.8 Å². The van der Waals surface area contributed by atoms with E-state index in [2.05, 4.69) is 45.9 Å². The highest BCUT2D eigenvalue weighted by Crippen LogP contribution is 2.31. The summed E-state index contributed by atoms with van der Waals surface area (Å²) in [5.74, 6) is -0.102. The molecule has 2 aliphatic rings. The number of aliphatic imine (C=N–C) groups is 1. The van der Waals surface area contributed by atoms with Crippen LogP contribution in [-0.2, 0) is 4.79 Å². The molecule has 1 N–H and O–H groups in total. The van der Waals surface area contributed by atoms with E-state index in [0.717, 1.165) is 27.7 Å². The van der Waals surface area contributed by atoms with Gasteiger partial charge in [-0.15, -0.1) is 0 Å². The van der Waals surface area contributed by atoms with Crippen molar-refractivity contribution in [3.05, 3.63) is 58.4 Å². The molecule has 0 radical (unpaired) electrons. The van der Waals surface area contributed by atoms with Crippen LogP contribution >= 0.6 is 11.8 Å². The Morgan fingerprint density at radius 3 is 2.48 bits per heavy atom. The highest BCUT2D eigenvalue weighted by molar-refractivity contribution is 8.27. The number of nitrogens with one attached hydrogen (secondary N) is 1. The number of carbonyl (C=O) groups is 1. The molecule has 0 atom stereocenters. The molecule has 0 saturated heterocycles. The molecule has 7 heteroatoms. The summed E-state index contributed by atoms with van der Waals surface area (Å²) in [5.41, 5.74) is 5.51. The summed E-state index contributed by atoms with van der Waals surface area (Å²) in [6.45, 7) is 10.2. The third-order valence-electron chi connectivity index (χ3n) is 5.03. The van der Waals surface area contributed by atoms with Crippen molar-refractivity contribution in [3.8, 4) is 5.69 Å². The second kappa shape index (κ2) is 7.15. The third kappa shape index (κ3) is 3.35. The van der Waals surface area contributed by atoms with Gasteiger partial charge in [-0.25, -0.2) is 0 Å². The standard InChI is InChI=1S/C22H23N5OS/c1-12(2)21-25-27-19(23)18(20(28)24-22(27)29-21)11-16-10-14(4)26(15(16)5)17-8-6-13(3)7-9-17/h6-12,23H,1-5H3/b18-11-,23-19?. The van der Waals surface area contributed by atoms with E-state index < -0.39 is 5.91 Å². The van der Waals surface area contributed by atoms with Crippen LogP contribution in [0.25, 0.3) is 11.8 Å². The van der Waals surface area contributed by atoms with Crippen LogP contribution in [0, 0.1) is 32.1 Å². The maximum absolute atomic E-state index is 12.6. The first-order chi connectivity index (χ1) is 13.8. The quantitative estimate of drug-likeness (QED) is 0.754. The van der Waals surface area contributed by atoms with Gasteiger partial charge in [-0.2, -0.15) is 15.1 Å².